The fraction of sp³-hybridized carbons (Fsp3) is 0.150. The van der Waals surface area contributed by atoms with Crippen LogP contribution >= 0.6 is 11.6 Å². The summed E-state index contributed by atoms with van der Waals surface area (Å²) in [7, 11) is 0. The summed E-state index contributed by atoms with van der Waals surface area (Å²) in [6.07, 6.45) is 3.93. The number of halogens is 1. The number of carbonyl (C=O) groups is 1. The molecule has 1 aromatic carbocycles. The topological polar surface area (TPSA) is 64.0 Å². The van der Waals surface area contributed by atoms with Gasteiger partial charge in [-0.1, -0.05) is 35.9 Å². The Labute approximate surface area is 156 Å². The second kappa shape index (κ2) is 8.45. The summed E-state index contributed by atoms with van der Waals surface area (Å²) >= 11 is 6.15. The minimum absolute atomic E-state index is 0.185. The molecule has 3 aromatic rings. The SMILES string of the molecule is O=C(NCCc1ccccn1)c1ccc(=O)n(Cc2ccccc2Cl)c1. The summed E-state index contributed by atoms with van der Waals surface area (Å²) in [6, 6.07) is 15.9. The van der Waals surface area contributed by atoms with Crippen LogP contribution in [0.15, 0.2) is 71.8 Å². The van der Waals surface area contributed by atoms with Gasteiger partial charge in [0.2, 0.25) is 0 Å². The van der Waals surface area contributed by atoms with Crippen LogP contribution in [-0.2, 0) is 13.0 Å². The fourth-order valence-electron chi connectivity index (χ4n) is 2.55. The summed E-state index contributed by atoms with van der Waals surface area (Å²) in [5, 5.41) is 3.44. The van der Waals surface area contributed by atoms with E-state index in [4.69, 9.17) is 11.6 Å². The van der Waals surface area contributed by atoms with Crippen molar-refractivity contribution in [2.24, 2.45) is 0 Å². The van der Waals surface area contributed by atoms with Gasteiger partial charge < -0.3 is 9.88 Å². The zero-order chi connectivity index (χ0) is 18.4. The maximum absolute atomic E-state index is 12.3. The summed E-state index contributed by atoms with van der Waals surface area (Å²) in [5.74, 6) is -0.228. The van der Waals surface area contributed by atoms with Crippen molar-refractivity contribution in [3.8, 4) is 0 Å². The molecule has 0 unspecified atom stereocenters. The van der Waals surface area contributed by atoms with Gasteiger partial charge in [-0.3, -0.25) is 14.6 Å². The standard InChI is InChI=1S/C20H18ClN3O2/c21-18-7-2-1-5-15(18)13-24-14-16(8-9-19(24)25)20(26)23-12-10-17-6-3-4-11-22-17/h1-9,11,14H,10,12-13H2,(H,23,26). The quantitative estimate of drug-likeness (QED) is 0.728. The van der Waals surface area contributed by atoms with Crippen LogP contribution in [0.4, 0.5) is 0 Å². The predicted octanol–water partition coefficient (Wildman–Crippen LogP) is 2.92. The van der Waals surface area contributed by atoms with Crippen LogP contribution in [0.25, 0.3) is 0 Å². The number of pyridine rings is 2. The molecule has 26 heavy (non-hydrogen) atoms. The van der Waals surface area contributed by atoms with Gasteiger partial charge in [-0.2, -0.15) is 0 Å². The van der Waals surface area contributed by atoms with Crippen molar-refractivity contribution in [3.63, 3.8) is 0 Å². The lowest BCUT2D eigenvalue weighted by molar-refractivity contribution is 0.0953. The molecule has 0 spiro atoms. The van der Waals surface area contributed by atoms with Crippen LogP contribution in [0.3, 0.4) is 0 Å². The highest BCUT2D eigenvalue weighted by molar-refractivity contribution is 6.31. The number of nitrogens with one attached hydrogen (secondary N) is 1. The summed E-state index contributed by atoms with van der Waals surface area (Å²) < 4.78 is 1.48. The second-order valence-corrected chi connectivity index (χ2v) is 6.21. The Morgan fingerprint density at radius 3 is 2.65 bits per heavy atom. The van der Waals surface area contributed by atoms with E-state index < -0.39 is 0 Å². The molecule has 0 saturated heterocycles. The van der Waals surface area contributed by atoms with E-state index in [9.17, 15) is 9.59 Å². The van der Waals surface area contributed by atoms with Crippen molar-refractivity contribution in [2.45, 2.75) is 13.0 Å². The van der Waals surface area contributed by atoms with Gasteiger partial charge in [0.15, 0.2) is 0 Å². The molecule has 2 heterocycles. The molecule has 5 nitrogen and oxygen atoms in total. The van der Waals surface area contributed by atoms with Crippen LogP contribution < -0.4 is 10.9 Å². The Morgan fingerprint density at radius 1 is 1.08 bits per heavy atom. The second-order valence-electron chi connectivity index (χ2n) is 5.80. The monoisotopic (exact) mass is 367 g/mol. The molecule has 132 valence electrons. The largest absolute Gasteiger partial charge is 0.352 e. The van der Waals surface area contributed by atoms with Gasteiger partial charge in [-0.05, 0) is 29.8 Å². The molecule has 3 rings (SSSR count). The molecular weight excluding hydrogens is 350 g/mol. The zero-order valence-electron chi connectivity index (χ0n) is 14.1. The Balaban J connectivity index is 1.67. The minimum Gasteiger partial charge on any atom is -0.352 e. The molecule has 0 bridgehead atoms. The number of nitrogens with zero attached hydrogens (tertiary/aromatic N) is 2. The van der Waals surface area contributed by atoms with E-state index in [1.54, 1.807) is 18.5 Å². The lowest BCUT2D eigenvalue weighted by Crippen LogP contribution is -2.28. The number of hydrogen-bond donors (Lipinski definition) is 1. The van der Waals surface area contributed by atoms with Crippen molar-refractivity contribution in [2.75, 3.05) is 6.54 Å². The van der Waals surface area contributed by atoms with Crippen LogP contribution in [0.5, 0.6) is 0 Å². The van der Waals surface area contributed by atoms with Gasteiger partial charge >= 0.3 is 0 Å². The smallest absolute Gasteiger partial charge is 0.252 e. The van der Waals surface area contributed by atoms with E-state index in [1.165, 1.54) is 16.7 Å². The first-order chi connectivity index (χ1) is 12.6. The zero-order valence-corrected chi connectivity index (χ0v) is 14.8. The first-order valence-electron chi connectivity index (χ1n) is 8.25. The Hall–Kier alpha value is -2.92. The van der Waals surface area contributed by atoms with E-state index in [2.05, 4.69) is 10.3 Å². The summed E-state index contributed by atoms with van der Waals surface area (Å²) in [5.41, 5.74) is 1.98. The average molecular weight is 368 g/mol. The van der Waals surface area contributed by atoms with Gasteiger partial charge in [0.25, 0.3) is 11.5 Å². The van der Waals surface area contributed by atoms with Gasteiger partial charge in [-0.15, -0.1) is 0 Å². The van der Waals surface area contributed by atoms with Crippen molar-refractivity contribution in [1.29, 1.82) is 0 Å². The molecule has 0 radical (unpaired) electrons. The fourth-order valence-corrected chi connectivity index (χ4v) is 2.75. The molecule has 6 heteroatoms. The van der Waals surface area contributed by atoms with Gasteiger partial charge in [0, 0.05) is 42.1 Å². The highest BCUT2D eigenvalue weighted by Crippen LogP contribution is 2.15. The van der Waals surface area contributed by atoms with Gasteiger partial charge in [-0.25, -0.2) is 0 Å². The highest BCUT2D eigenvalue weighted by atomic mass is 35.5. The molecule has 0 aliphatic rings. The third-order valence-electron chi connectivity index (χ3n) is 3.94. The van der Waals surface area contributed by atoms with Crippen molar-refractivity contribution in [3.05, 3.63) is 99.2 Å². The Bertz CT molecular complexity index is 955. The molecule has 2 aromatic heterocycles. The van der Waals surface area contributed by atoms with Crippen LogP contribution in [0.1, 0.15) is 21.6 Å². The molecule has 0 aliphatic carbocycles. The minimum atomic E-state index is -0.228. The van der Waals surface area contributed by atoms with Crippen molar-refractivity contribution >= 4 is 17.5 Å². The maximum Gasteiger partial charge on any atom is 0.252 e. The van der Waals surface area contributed by atoms with Gasteiger partial charge in [0.05, 0.1) is 12.1 Å². The predicted molar refractivity (Wildman–Crippen MR) is 102 cm³/mol. The van der Waals surface area contributed by atoms with Crippen LogP contribution in [-0.4, -0.2) is 22.0 Å². The Morgan fingerprint density at radius 2 is 1.88 bits per heavy atom. The van der Waals surface area contributed by atoms with E-state index in [0.717, 1.165) is 11.3 Å². The van der Waals surface area contributed by atoms with E-state index in [1.807, 2.05) is 36.4 Å². The maximum atomic E-state index is 12.3. The number of amides is 1. The van der Waals surface area contributed by atoms with Crippen LogP contribution in [0, 0.1) is 0 Å². The highest BCUT2D eigenvalue weighted by Gasteiger charge is 2.09. The number of benzene rings is 1. The van der Waals surface area contributed by atoms with E-state index in [0.29, 0.717) is 30.1 Å². The van der Waals surface area contributed by atoms with Crippen molar-refractivity contribution in [1.82, 2.24) is 14.9 Å². The Kier molecular flexibility index (Phi) is 5.81. The first-order valence-corrected chi connectivity index (χ1v) is 8.63. The molecule has 1 amide bonds. The molecule has 0 aliphatic heterocycles. The van der Waals surface area contributed by atoms with Crippen molar-refractivity contribution < 1.29 is 4.79 Å². The molecule has 0 saturated carbocycles. The summed E-state index contributed by atoms with van der Waals surface area (Å²) in [6.45, 7) is 0.785. The first kappa shape index (κ1) is 17.9. The average Bonchev–Trinajstić information content (AvgIpc) is 2.66. The number of rotatable bonds is 6. The molecule has 0 fully saturated rings. The normalized spacial score (nSPS) is 10.5. The summed E-state index contributed by atoms with van der Waals surface area (Å²) in [4.78, 5) is 28.7. The van der Waals surface area contributed by atoms with Gasteiger partial charge in [0.1, 0.15) is 0 Å². The molecule has 1 N–H and O–H groups in total. The number of aromatic nitrogens is 2. The lowest BCUT2D eigenvalue weighted by Gasteiger charge is -2.10. The molecular formula is C20H18ClN3O2. The van der Waals surface area contributed by atoms with E-state index in [-0.39, 0.29) is 11.5 Å². The number of carbonyl (C=O) groups excluding carboxylic acids is 1. The number of hydrogen-bond acceptors (Lipinski definition) is 3. The molecule has 0 atom stereocenters. The lowest BCUT2D eigenvalue weighted by atomic mass is 10.2. The van der Waals surface area contributed by atoms with Crippen LogP contribution in [0.2, 0.25) is 5.02 Å². The third kappa shape index (κ3) is 4.58. The third-order valence-corrected chi connectivity index (χ3v) is 4.31. The van der Waals surface area contributed by atoms with E-state index >= 15 is 0 Å².